The summed E-state index contributed by atoms with van der Waals surface area (Å²) in [4.78, 5) is 10.8. The van der Waals surface area contributed by atoms with Crippen LogP contribution in [0.25, 0.3) is 0 Å². The molecule has 2 saturated carbocycles. The van der Waals surface area contributed by atoms with Crippen LogP contribution in [0.15, 0.2) is 0 Å². The minimum atomic E-state index is 0.387. The van der Waals surface area contributed by atoms with E-state index in [0.29, 0.717) is 5.92 Å². The summed E-state index contributed by atoms with van der Waals surface area (Å²) < 4.78 is 0. The Kier molecular flexibility index (Phi) is 9.31. The van der Waals surface area contributed by atoms with E-state index >= 15 is 0 Å². The third kappa shape index (κ3) is 7.40. The molecule has 0 amide bonds. The van der Waals surface area contributed by atoms with Gasteiger partial charge in [-0.05, 0) is 49.9 Å². The molecule has 2 fully saturated rings. The number of carbonyl (C=O) groups excluding carboxylic acids is 1. The lowest BCUT2D eigenvalue weighted by Gasteiger charge is -2.29. The van der Waals surface area contributed by atoms with Gasteiger partial charge >= 0.3 is 0 Å². The molecule has 2 aliphatic rings. The van der Waals surface area contributed by atoms with Gasteiger partial charge in [-0.1, -0.05) is 77.6 Å². The summed E-state index contributed by atoms with van der Waals surface area (Å²) in [6.07, 6.45) is 23.8. The Morgan fingerprint density at radius 3 is 1.96 bits per heavy atom. The third-order valence-electron chi connectivity index (χ3n) is 6.67. The molecule has 0 spiro atoms. The zero-order valence-electron chi connectivity index (χ0n) is 15.6. The van der Waals surface area contributed by atoms with Crippen LogP contribution in [0.4, 0.5) is 0 Å². The highest BCUT2D eigenvalue weighted by molar-refractivity contribution is 5.53. The Morgan fingerprint density at radius 1 is 0.739 bits per heavy atom. The van der Waals surface area contributed by atoms with E-state index in [1.54, 1.807) is 0 Å². The number of rotatable bonds is 10. The van der Waals surface area contributed by atoms with Gasteiger partial charge in [0.1, 0.15) is 6.29 Å². The van der Waals surface area contributed by atoms with Gasteiger partial charge in [0, 0.05) is 5.92 Å². The minimum absolute atomic E-state index is 0.387. The van der Waals surface area contributed by atoms with Gasteiger partial charge in [0.15, 0.2) is 0 Å². The molecule has 134 valence electrons. The fourth-order valence-corrected chi connectivity index (χ4v) is 5.08. The van der Waals surface area contributed by atoms with Crippen molar-refractivity contribution in [1.29, 1.82) is 0 Å². The van der Waals surface area contributed by atoms with Gasteiger partial charge in [-0.15, -0.1) is 0 Å². The first-order valence-corrected chi connectivity index (χ1v) is 10.8. The summed E-state index contributed by atoms with van der Waals surface area (Å²) >= 11 is 0. The third-order valence-corrected chi connectivity index (χ3v) is 6.67. The number of carbonyl (C=O) groups is 1. The topological polar surface area (TPSA) is 17.1 Å². The highest BCUT2D eigenvalue weighted by atomic mass is 16.1. The minimum Gasteiger partial charge on any atom is -0.303 e. The normalized spacial score (nSPS) is 31.9. The number of hydrogen-bond donors (Lipinski definition) is 0. The van der Waals surface area contributed by atoms with E-state index in [4.69, 9.17) is 0 Å². The Hall–Kier alpha value is -0.330. The quantitative estimate of drug-likeness (QED) is 0.315. The molecule has 0 heterocycles. The van der Waals surface area contributed by atoms with E-state index in [9.17, 15) is 4.79 Å². The summed E-state index contributed by atoms with van der Waals surface area (Å²) in [5, 5.41) is 0. The van der Waals surface area contributed by atoms with Crippen LogP contribution < -0.4 is 0 Å². The first kappa shape index (κ1) is 19.0. The predicted octanol–water partition coefficient (Wildman–Crippen LogP) is 6.94. The fourth-order valence-electron chi connectivity index (χ4n) is 5.08. The second kappa shape index (κ2) is 11.3. The van der Waals surface area contributed by atoms with Crippen molar-refractivity contribution < 1.29 is 4.79 Å². The van der Waals surface area contributed by atoms with Crippen LogP contribution in [-0.4, -0.2) is 6.29 Å². The number of unbranched alkanes of at least 4 members (excludes halogenated alkanes) is 3. The Balaban J connectivity index is 1.48. The predicted molar refractivity (Wildman–Crippen MR) is 99.6 cm³/mol. The Bertz CT molecular complexity index is 303. The molecule has 23 heavy (non-hydrogen) atoms. The van der Waals surface area contributed by atoms with Gasteiger partial charge in [-0.25, -0.2) is 0 Å². The Morgan fingerprint density at radius 2 is 1.35 bits per heavy atom. The van der Waals surface area contributed by atoms with Crippen molar-refractivity contribution in [2.45, 2.75) is 110 Å². The van der Waals surface area contributed by atoms with Gasteiger partial charge in [-0.2, -0.15) is 0 Å². The molecule has 0 bridgehead atoms. The molecule has 0 aromatic rings. The van der Waals surface area contributed by atoms with E-state index < -0.39 is 0 Å². The molecule has 0 N–H and O–H groups in total. The smallest absolute Gasteiger partial charge is 0.123 e. The van der Waals surface area contributed by atoms with Gasteiger partial charge < -0.3 is 4.79 Å². The second-order valence-corrected chi connectivity index (χ2v) is 8.60. The summed E-state index contributed by atoms with van der Waals surface area (Å²) in [5.74, 6) is 3.42. The maximum atomic E-state index is 10.8. The second-order valence-electron chi connectivity index (χ2n) is 8.60. The van der Waals surface area contributed by atoms with Crippen LogP contribution in [0.1, 0.15) is 110 Å². The monoisotopic (exact) mass is 320 g/mol. The molecule has 0 saturated heterocycles. The molecule has 0 aliphatic heterocycles. The molecule has 1 nitrogen and oxygen atoms in total. The number of hydrogen-bond acceptors (Lipinski definition) is 1. The van der Waals surface area contributed by atoms with E-state index in [1.165, 1.54) is 96.2 Å². The van der Waals surface area contributed by atoms with Gasteiger partial charge in [-0.3, -0.25) is 0 Å². The van der Waals surface area contributed by atoms with Crippen molar-refractivity contribution >= 4 is 6.29 Å². The molecule has 2 atom stereocenters. The number of aldehydes is 1. The van der Waals surface area contributed by atoms with Crippen molar-refractivity contribution in [3.63, 3.8) is 0 Å². The maximum Gasteiger partial charge on any atom is 0.123 e. The fraction of sp³-hybridized carbons (Fsp3) is 0.955. The lowest BCUT2D eigenvalue weighted by atomic mass is 9.77. The zero-order valence-corrected chi connectivity index (χ0v) is 15.6. The summed E-state index contributed by atoms with van der Waals surface area (Å²) in [6, 6.07) is 0. The average molecular weight is 321 g/mol. The molecule has 2 unspecified atom stereocenters. The maximum absolute atomic E-state index is 10.8. The van der Waals surface area contributed by atoms with Gasteiger partial charge in [0.05, 0.1) is 0 Å². The van der Waals surface area contributed by atoms with E-state index in [2.05, 4.69) is 6.92 Å². The van der Waals surface area contributed by atoms with Gasteiger partial charge in [0.25, 0.3) is 0 Å². The van der Waals surface area contributed by atoms with Crippen molar-refractivity contribution in [2.24, 2.45) is 23.7 Å². The molecule has 0 radical (unpaired) electrons. The van der Waals surface area contributed by atoms with Crippen molar-refractivity contribution in [3.8, 4) is 0 Å². The van der Waals surface area contributed by atoms with Crippen LogP contribution in [0.5, 0.6) is 0 Å². The Labute approximate surface area is 145 Å². The first-order chi connectivity index (χ1) is 11.3. The van der Waals surface area contributed by atoms with E-state index in [-0.39, 0.29) is 0 Å². The molecule has 2 aliphatic carbocycles. The largest absolute Gasteiger partial charge is 0.303 e. The van der Waals surface area contributed by atoms with Crippen molar-refractivity contribution in [1.82, 2.24) is 0 Å². The zero-order chi connectivity index (χ0) is 16.3. The standard InChI is InChI=1S/C22H40O/c1-2-3-8-20-11-7-12-21(17-20)10-6-4-5-9-19-13-15-22(18-23)16-14-19/h18-22H,2-17H2,1H3. The summed E-state index contributed by atoms with van der Waals surface area (Å²) in [5.41, 5.74) is 0. The van der Waals surface area contributed by atoms with E-state index in [0.717, 1.165) is 30.6 Å². The van der Waals surface area contributed by atoms with Crippen molar-refractivity contribution in [3.05, 3.63) is 0 Å². The highest BCUT2D eigenvalue weighted by Crippen LogP contribution is 2.35. The summed E-state index contributed by atoms with van der Waals surface area (Å²) in [6.45, 7) is 2.33. The molecular formula is C22H40O. The van der Waals surface area contributed by atoms with Crippen LogP contribution in [-0.2, 0) is 4.79 Å². The van der Waals surface area contributed by atoms with Crippen LogP contribution in [0.2, 0.25) is 0 Å². The lowest BCUT2D eigenvalue weighted by Crippen LogP contribution is -2.16. The van der Waals surface area contributed by atoms with E-state index in [1.807, 2.05) is 0 Å². The molecule has 1 heteroatoms. The molecule has 0 aromatic heterocycles. The van der Waals surface area contributed by atoms with Crippen molar-refractivity contribution in [2.75, 3.05) is 0 Å². The molecule has 0 aromatic carbocycles. The van der Waals surface area contributed by atoms with Gasteiger partial charge in [0.2, 0.25) is 0 Å². The molecule has 2 rings (SSSR count). The SMILES string of the molecule is CCCCC1CCCC(CCCCCC2CCC(C=O)CC2)C1. The summed E-state index contributed by atoms with van der Waals surface area (Å²) in [7, 11) is 0. The average Bonchev–Trinajstić information content (AvgIpc) is 2.60. The van der Waals surface area contributed by atoms with Crippen LogP contribution in [0.3, 0.4) is 0 Å². The highest BCUT2D eigenvalue weighted by Gasteiger charge is 2.22. The first-order valence-electron chi connectivity index (χ1n) is 10.8. The van der Waals surface area contributed by atoms with Crippen LogP contribution >= 0.6 is 0 Å². The lowest BCUT2D eigenvalue weighted by molar-refractivity contribution is -0.112. The van der Waals surface area contributed by atoms with Crippen LogP contribution in [0, 0.1) is 23.7 Å². The molecular weight excluding hydrogens is 280 g/mol.